The maximum absolute atomic E-state index is 12.8. The number of benzene rings is 1. The Bertz CT molecular complexity index is 647. The van der Waals surface area contributed by atoms with Crippen LogP contribution in [0.1, 0.15) is 22.8 Å². The third-order valence-corrected chi connectivity index (χ3v) is 2.73. The molecule has 4 nitrogen and oxygen atoms in total. The number of methoxy groups -OCH3 is 1. The van der Waals surface area contributed by atoms with Gasteiger partial charge in [-0.2, -0.15) is 13.2 Å². The molecule has 1 rings (SSSR count). The lowest BCUT2D eigenvalue weighted by molar-refractivity contribution is -0.0923. The molecule has 0 aliphatic heterocycles. The number of hydrogen-bond acceptors (Lipinski definition) is 4. The third kappa shape index (κ3) is 4.21. The van der Waals surface area contributed by atoms with Crippen LogP contribution in [0.25, 0.3) is 0 Å². The van der Waals surface area contributed by atoms with Crippen molar-refractivity contribution in [2.75, 3.05) is 12.8 Å². The molecule has 0 fully saturated rings. The number of rotatable bonds is 4. The largest absolute Gasteiger partial charge is 0.465 e. The van der Waals surface area contributed by atoms with Crippen molar-refractivity contribution in [1.29, 1.82) is 0 Å². The van der Waals surface area contributed by atoms with Crippen molar-refractivity contribution in [1.82, 2.24) is 0 Å². The molecule has 7 heteroatoms. The lowest BCUT2D eigenvalue weighted by Gasteiger charge is -2.10. The zero-order valence-electron chi connectivity index (χ0n) is 12.1. The highest BCUT2D eigenvalue weighted by Gasteiger charge is 2.33. The van der Waals surface area contributed by atoms with Gasteiger partial charge in [-0.05, 0) is 30.7 Å². The zero-order valence-corrected chi connectivity index (χ0v) is 12.1. The van der Waals surface area contributed by atoms with E-state index in [1.807, 2.05) is 0 Å². The predicted octanol–water partition coefficient (Wildman–Crippen LogP) is 3.50. The summed E-state index contributed by atoms with van der Waals surface area (Å²) in [6.45, 7) is 4.64. The summed E-state index contributed by atoms with van der Waals surface area (Å²) in [5, 5.41) is 0. The monoisotopic (exact) mass is 312 g/mol. The van der Waals surface area contributed by atoms with Crippen molar-refractivity contribution in [2.24, 2.45) is 4.99 Å². The summed E-state index contributed by atoms with van der Waals surface area (Å²) in [4.78, 5) is 15.0. The molecule has 0 aliphatic carbocycles. The molecule has 0 atom stereocenters. The number of ether oxygens (including phenoxy) is 1. The van der Waals surface area contributed by atoms with Gasteiger partial charge in [0.1, 0.15) is 5.70 Å². The maximum atomic E-state index is 12.8. The van der Waals surface area contributed by atoms with Crippen molar-refractivity contribution < 1.29 is 22.7 Å². The molecule has 0 amide bonds. The van der Waals surface area contributed by atoms with E-state index in [1.165, 1.54) is 32.2 Å². The van der Waals surface area contributed by atoms with Gasteiger partial charge >= 0.3 is 12.1 Å². The number of allylic oxidation sites excluding steroid dienone is 3. The van der Waals surface area contributed by atoms with Crippen LogP contribution in [0, 0.1) is 0 Å². The molecule has 22 heavy (non-hydrogen) atoms. The van der Waals surface area contributed by atoms with Crippen LogP contribution in [0.2, 0.25) is 0 Å². The number of nitrogens with two attached hydrogens (primary N) is 1. The van der Waals surface area contributed by atoms with Gasteiger partial charge in [0.15, 0.2) is 0 Å². The van der Waals surface area contributed by atoms with Gasteiger partial charge in [-0.3, -0.25) is 0 Å². The zero-order chi connectivity index (χ0) is 16.9. The Kier molecular flexibility index (Phi) is 5.50. The Morgan fingerprint density at radius 1 is 1.41 bits per heavy atom. The molecule has 0 spiro atoms. The molecule has 0 aromatic heterocycles. The molecule has 0 radical (unpaired) electrons. The number of alkyl halides is 3. The van der Waals surface area contributed by atoms with Crippen molar-refractivity contribution in [3.05, 3.63) is 53.8 Å². The highest BCUT2D eigenvalue weighted by atomic mass is 19.4. The van der Waals surface area contributed by atoms with Gasteiger partial charge < -0.3 is 10.5 Å². The van der Waals surface area contributed by atoms with Gasteiger partial charge in [0.25, 0.3) is 0 Å². The number of nitrogen functional groups attached to an aromatic ring is 1. The van der Waals surface area contributed by atoms with Gasteiger partial charge in [-0.25, -0.2) is 9.79 Å². The number of anilines is 1. The molecule has 0 unspecified atom stereocenters. The van der Waals surface area contributed by atoms with Crippen LogP contribution in [0.4, 0.5) is 18.9 Å². The summed E-state index contributed by atoms with van der Waals surface area (Å²) in [6.07, 6.45) is -2.81. The second-order valence-corrected chi connectivity index (χ2v) is 4.28. The average Bonchev–Trinajstić information content (AvgIpc) is 2.44. The first-order valence-electron chi connectivity index (χ1n) is 6.14. The van der Waals surface area contributed by atoms with Gasteiger partial charge in [0.05, 0.1) is 12.7 Å². The summed E-state index contributed by atoms with van der Waals surface area (Å²) in [7, 11) is 1.21. The second-order valence-electron chi connectivity index (χ2n) is 4.28. The first-order chi connectivity index (χ1) is 10.2. The number of carbonyl (C=O) groups is 1. The summed E-state index contributed by atoms with van der Waals surface area (Å²) in [5.41, 5.74) is 5.33. The van der Waals surface area contributed by atoms with E-state index in [2.05, 4.69) is 16.3 Å². The smallest absolute Gasteiger partial charge is 0.433 e. The van der Waals surface area contributed by atoms with Crippen LogP contribution in [-0.2, 0) is 4.74 Å². The Morgan fingerprint density at radius 2 is 2.05 bits per heavy atom. The minimum Gasteiger partial charge on any atom is -0.465 e. The fourth-order valence-electron chi connectivity index (χ4n) is 1.64. The lowest BCUT2D eigenvalue weighted by Crippen LogP contribution is -2.12. The van der Waals surface area contributed by atoms with Crippen LogP contribution < -0.4 is 5.73 Å². The molecule has 1 aromatic rings. The average molecular weight is 312 g/mol. The van der Waals surface area contributed by atoms with E-state index in [1.54, 1.807) is 0 Å². The molecule has 2 N–H and O–H groups in total. The Morgan fingerprint density at radius 3 is 2.50 bits per heavy atom. The molecule has 118 valence electrons. The molecule has 0 saturated heterocycles. The quantitative estimate of drug-likeness (QED) is 0.400. The lowest BCUT2D eigenvalue weighted by atomic mass is 10.1. The van der Waals surface area contributed by atoms with Crippen LogP contribution in [-0.4, -0.2) is 25.0 Å². The number of hydrogen-bond donors (Lipinski definition) is 1. The number of halogens is 3. The first kappa shape index (κ1) is 17.5. The second kappa shape index (κ2) is 6.93. The summed E-state index contributed by atoms with van der Waals surface area (Å²) in [5.74, 6) is -0.624. The standard InChI is InChI=1S/C15H15F3N2O2/c1-4-5-13(15(16,17)18)20-9(2)10-6-7-11(12(19)8-10)14(21)22-3/h4-8H,1,19H2,2-3H3/b13-5-,20-9?. The third-order valence-electron chi connectivity index (χ3n) is 2.73. The highest BCUT2D eigenvalue weighted by Crippen LogP contribution is 2.27. The van der Waals surface area contributed by atoms with Crippen LogP contribution in [0.5, 0.6) is 0 Å². The van der Waals surface area contributed by atoms with Crippen molar-refractivity contribution in [3.8, 4) is 0 Å². The number of aliphatic imine (C=N–C) groups is 1. The molecular formula is C15H15F3N2O2. The molecule has 1 aromatic carbocycles. The van der Waals surface area contributed by atoms with Gasteiger partial charge in [0, 0.05) is 11.4 Å². The van der Waals surface area contributed by atoms with E-state index >= 15 is 0 Å². The van der Waals surface area contributed by atoms with Gasteiger partial charge in [-0.1, -0.05) is 18.7 Å². The van der Waals surface area contributed by atoms with Crippen LogP contribution in [0.3, 0.4) is 0 Å². The summed E-state index contributed by atoms with van der Waals surface area (Å²) >= 11 is 0. The predicted molar refractivity (Wildman–Crippen MR) is 78.7 cm³/mol. The van der Waals surface area contributed by atoms with E-state index in [0.717, 1.165) is 12.2 Å². The fourth-order valence-corrected chi connectivity index (χ4v) is 1.64. The van der Waals surface area contributed by atoms with Crippen molar-refractivity contribution in [2.45, 2.75) is 13.1 Å². The summed E-state index contributed by atoms with van der Waals surface area (Å²) < 4.78 is 42.8. The minimum absolute atomic E-state index is 0.0974. The van der Waals surface area contributed by atoms with Crippen molar-refractivity contribution in [3.63, 3.8) is 0 Å². The Balaban J connectivity index is 3.23. The normalized spacial score (nSPS) is 13.0. The number of esters is 1. The van der Waals surface area contributed by atoms with Gasteiger partial charge in [-0.15, -0.1) is 0 Å². The SMILES string of the molecule is C=C/C=C(\N=C(C)c1ccc(C(=O)OC)c(N)c1)C(F)(F)F. The van der Waals surface area contributed by atoms with E-state index in [4.69, 9.17) is 5.73 Å². The summed E-state index contributed by atoms with van der Waals surface area (Å²) in [6, 6.07) is 4.19. The fraction of sp³-hybridized carbons (Fsp3) is 0.200. The van der Waals surface area contributed by atoms with Crippen molar-refractivity contribution >= 4 is 17.4 Å². The maximum Gasteiger partial charge on any atom is 0.433 e. The van der Waals surface area contributed by atoms with Gasteiger partial charge in [0.2, 0.25) is 0 Å². The number of nitrogens with zero attached hydrogens (tertiary/aromatic N) is 1. The highest BCUT2D eigenvalue weighted by molar-refractivity contribution is 6.02. The van der Waals surface area contributed by atoms with E-state index in [9.17, 15) is 18.0 Å². The molecule has 0 aliphatic rings. The number of carbonyl (C=O) groups excluding carboxylic acids is 1. The molecule has 0 heterocycles. The first-order valence-corrected chi connectivity index (χ1v) is 6.14. The topological polar surface area (TPSA) is 64.7 Å². The van der Waals surface area contributed by atoms with E-state index in [-0.39, 0.29) is 17.0 Å². The minimum atomic E-state index is -4.59. The van der Waals surface area contributed by atoms with E-state index < -0.39 is 17.8 Å². The molecule has 0 saturated carbocycles. The molecular weight excluding hydrogens is 297 g/mol. The molecule has 0 bridgehead atoms. The van der Waals surface area contributed by atoms with Crippen LogP contribution in [0.15, 0.2) is 47.6 Å². The Labute approximate surface area is 125 Å². The Hall–Kier alpha value is -2.57. The van der Waals surface area contributed by atoms with E-state index in [0.29, 0.717) is 5.56 Å². The van der Waals surface area contributed by atoms with Crippen LogP contribution >= 0.6 is 0 Å².